The van der Waals surface area contributed by atoms with Crippen LogP contribution in [0, 0.1) is 145 Å². The van der Waals surface area contributed by atoms with Crippen LogP contribution in [-0.2, 0) is 0 Å². The van der Waals surface area contributed by atoms with Crippen LogP contribution in [0.2, 0.25) is 0 Å². The molecule has 0 aromatic heterocycles. The fourth-order valence-corrected chi connectivity index (χ4v) is 37.0. The minimum atomic E-state index is -1.29. The van der Waals surface area contributed by atoms with Crippen LogP contribution in [0.4, 0.5) is 17.6 Å². The molecule has 0 N–H and O–H groups in total. The van der Waals surface area contributed by atoms with Gasteiger partial charge < -0.3 is 0 Å². The van der Waals surface area contributed by atoms with Gasteiger partial charge >= 0.3 is 0 Å². The Kier molecular flexibility index (Phi) is 28.3. The highest BCUT2D eigenvalue weighted by Crippen LogP contribution is 2.78. The van der Waals surface area contributed by atoms with Crippen molar-refractivity contribution >= 4 is 0 Å². The average molecular weight is 1890 g/mol. The van der Waals surface area contributed by atoms with Gasteiger partial charge in [0.25, 0.3) is 0 Å². The Labute approximate surface area is 844 Å². The molecule has 0 aromatic carbocycles. The molecule has 27 rings (SSSR count). The van der Waals surface area contributed by atoms with Gasteiger partial charge in [-0.25, -0.2) is 17.6 Å². The molecule has 18 unspecified atom stereocenters. The SMILES string of the molecule is CC1=C(C)C2(C(C)(C)C)CCC1(C(C)(C)C)C2.CC1=C(C)C2(C(C)(C)C)CCC1(C)C2.CC1=C(C)C2(C(C)(C)C)CCC1C2.CC1=C(C)C2(C)CC1(C)C2.CC1=C(C)C2(C)CCC1(C)C2.CC1=C(C)C2(C)CCC1(C)C2(C)C.CC1=C(C)C2(C)CCC1C2(C)C.CC1=C(C)C2(F)CC1(F)C2.CC1=C(C)C2(F)CCC1(F)C2.CC1=C(C)C2C=CC1C2.CC1=C(C)C2CC1C2.CC1=C(C)C2CCC1C2. The van der Waals surface area contributed by atoms with Crippen LogP contribution >= 0.6 is 0 Å². The van der Waals surface area contributed by atoms with Gasteiger partial charge in [-0.2, -0.15) is 0 Å². The van der Waals surface area contributed by atoms with E-state index < -0.39 is 22.7 Å². The quantitative estimate of drug-likeness (QED) is 0.168. The van der Waals surface area contributed by atoms with E-state index in [9.17, 15) is 17.6 Å². The Balaban J connectivity index is 0.000000127. The van der Waals surface area contributed by atoms with Crippen molar-refractivity contribution in [2.45, 2.75) is 541 Å². The molecule has 24 bridgehead atoms. The van der Waals surface area contributed by atoms with Crippen LogP contribution in [0.25, 0.3) is 0 Å². The molecular weight excluding hydrogens is 1670 g/mol. The minimum absolute atomic E-state index is 0.0810. The normalized spacial score (nSPS) is 44.3. The summed E-state index contributed by atoms with van der Waals surface area (Å²) in [6, 6.07) is 0. The van der Waals surface area contributed by atoms with Crippen LogP contribution in [0.3, 0.4) is 0 Å². The number of hydrogen-bond acceptors (Lipinski definition) is 0. The van der Waals surface area contributed by atoms with Gasteiger partial charge in [0.1, 0.15) is 22.7 Å². The highest BCUT2D eigenvalue weighted by atomic mass is 19.2. The summed E-state index contributed by atoms with van der Waals surface area (Å²) in [6.45, 7) is 112. The Hall–Kier alpha value is -3.66. The molecule has 772 valence electrons. The lowest BCUT2D eigenvalue weighted by atomic mass is 9.59. The minimum Gasteiger partial charge on any atom is -0.239 e. The van der Waals surface area contributed by atoms with Crippen molar-refractivity contribution in [3.8, 4) is 0 Å². The van der Waals surface area contributed by atoms with Gasteiger partial charge in [0.15, 0.2) is 0 Å². The maximum Gasteiger partial charge on any atom is 0.138 e. The van der Waals surface area contributed by atoms with E-state index in [4.69, 9.17) is 0 Å². The van der Waals surface area contributed by atoms with Gasteiger partial charge in [-0.15, -0.1) is 0 Å². The summed E-state index contributed by atoms with van der Waals surface area (Å²) >= 11 is 0. The molecule has 0 amide bonds. The number of fused-ring (bicyclic) bond motifs is 18. The summed E-state index contributed by atoms with van der Waals surface area (Å²) in [5.41, 5.74) is 40.4. The van der Waals surface area contributed by atoms with E-state index in [0.717, 1.165) is 47.3 Å². The van der Waals surface area contributed by atoms with Gasteiger partial charge in [0, 0.05) is 19.3 Å². The molecule has 0 heterocycles. The van der Waals surface area contributed by atoms with E-state index in [-0.39, 0.29) is 19.3 Å². The third-order valence-electron chi connectivity index (χ3n) is 51.8. The second-order valence-corrected chi connectivity index (χ2v) is 60.2. The van der Waals surface area contributed by atoms with Gasteiger partial charge in [0.2, 0.25) is 0 Å². The van der Waals surface area contributed by atoms with E-state index in [1.54, 1.807) is 139 Å². The summed E-state index contributed by atoms with van der Waals surface area (Å²) in [5, 5.41) is 0. The zero-order valence-corrected chi connectivity index (χ0v) is 98.8. The molecule has 0 aliphatic heterocycles. The molecular formula is C133H212F4. The van der Waals surface area contributed by atoms with E-state index in [1.807, 2.05) is 0 Å². The first-order chi connectivity index (χ1) is 62.1. The standard InChI is InChI=1S/C17H30.C14H24.2C13H22.C12H20.C11H18.C10H16.C9H12F2.C9H14.C9H12.C8H10F2.C8H12/c1-12-13(2)17(15(6,7)8)10-9-16(12,11-17)14(3,4)5;1-10-11(2)14(12(3,4)5)8-7-13(10,6)9-14;1-9-10(2)13(6)8-7-12(9,5)11(13,3)4;1-9-10(2)13(12(3,4)5)7-6-11(9)8-13;1-8-9(2)12(5)7-6-10(8)11(12,3)4;1-8-9(2)11(4)6-5-10(8,3)7-11;1-7-8(2)10(4)5-9(7,3)6-10;1-6-7(2)9(11)4-3-8(6,10)5-9;2*1-6-7(2)9-4-3-8(6)5-9;1-5-6(2)8(10)3-7(5,9)4-8;1-5-6(2)8-3-7(5)4-8/h9-11H2,1-8H3;7-9H2,1-6H3;7-8H2,1-6H3;11H,6-8H2,1-5H3;10H,6-7H2,1-5H3;5-7H2,1-4H3;5-6H2,1-4H3;3-5H2,1-2H3;8-9H,3-5H2,1-2H3;3-4,8-9H,5H2,1-2H3;3-4H2,1-2H3;7-8H,3-4H2,1-2H3. The van der Waals surface area contributed by atoms with E-state index in [1.165, 1.54) is 154 Å². The molecule has 11 saturated carbocycles. The van der Waals surface area contributed by atoms with Crippen LogP contribution in [0.5, 0.6) is 0 Å². The summed E-state index contributed by atoms with van der Waals surface area (Å²) in [4.78, 5) is 0. The number of rotatable bonds is 0. The highest BCUT2D eigenvalue weighted by molar-refractivity contribution is 5.49. The number of alkyl halides is 4. The lowest BCUT2D eigenvalue weighted by Gasteiger charge is -2.45. The van der Waals surface area contributed by atoms with Gasteiger partial charge in [-0.1, -0.05) is 290 Å². The van der Waals surface area contributed by atoms with E-state index in [2.05, 4.69) is 317 Å². The molecule has 0 radical (unpaired) electrons. The number of hydrogen-bond donors (Lipinski definition) is 0. The molecule has 4 heteroatoms. The Morgan fingerprint density at radius 1 is 0.219 bits per heavy atom. The predicted octanol–water partition coefficient (Wildman–Crippen LogP) is 42.1. The fourth-order valence-electron chi connectivity index (χ4n) is 37.0. The molecule has 27 aliphatic carbocycles. The van der Waals surface area contributed by atoms with E-state index in [0.29, 0.717) is 133 Å². The van der Waals surface area contributed by atoms with Crippen molar-refractivity contribution in [3.63, 3.8) is 0 Å². The molecule has 137 heavy (non-hydrogen) atoms. The maximum absolute atomic E-state index is 13.7. The molecule has 0 aromatic rings. The van der Waals surface area contributed by atoms with Crippen LogP contribution in [-0.4, -0.2) is 22.7 Å². The number of allylic oxidation sites excluding steroid dienone is 26. The second kappa shape index (κ2) is 35.0. The molecule has 0 saturated heterocycles. The zero-order chi connectivity index (χ0) is 103. The summed E-state index contributed by atoms with van der Waals surface area (Å²) < 4.78 is 53.9. The van der Waals surface area contributed by atoms with Crippen LogP contribution in [0.15, 0.2) is 146 Å². The molecule has 0 spiro atoms. The van der Waals surface area contributed by atoms with Gasteiger partial charge in [0.05, 0.1) is 0 Å². The molecule has 11 fully saturated rings. The maximum atomic E-state index is 13.7. The van der Waals surface area contributed by atoms with Gasteiger partial charge in [-0.05, 0) is 500 Å². The predicted molar refractivity (Wildman–Crippen MR) is 587 cm³/mol. The third-order valence-corrected chi connectivity index (χ3v) is 51.8. The van der Waals surface area contributed by atoms with Crippen molar-refractivity contribution in [3.05, 3.63) is 146 Å². The zero-order valence-electron chi connectivity index (χ0n) is 98.8. The largest absolute Gasteiger partial charge is 0.239 e. The third kappa shape index (κ3) is 16.7. The van der Waals surface area contributed by atoms with Crippen molar-refractivity contribution < 1.29 is 17.6 Å². The van der Waals surface area contributed by atoms with Crippen LogP contribution in [0.1, 0.15) is 519 Å². The highest BCUT2D eigenvalue weighted by Gasteiger charge is 2.69. The summed E-state index contributed by atoms with van der Waals surface area (Å²) in [7, 11) is 0. The smallest absolute Gasteiger partial charge is 0.138 e. The fraction of sp³-hybridized carbons (Fsp3) is 0.805. The first-order valence-corrected chi connectivity index (χ1v) is 56.7. The molecule has 18 atom stereocenters. The van der Waals surface area contributed by atoms with Crippen molar-refractivity contribution in [1.82, 2.24) is 0 Å². The summed E-state index contributed by atoms with van der Waals surface area (Å²) in [5.74, 6) is 7.46. The summed E-state index contributed by atoms with van der Waals surface area (Å²) in [6.07, 6.45) is 39.9. The lowest BCUT2D eigenvalue weighted by Crippen LogP contribution is -2.44. The molecule has 27 aliphatic rings. The first-order valence-electron chi connectivity index (χ1n) is 56.7. The Bertz CT molecular complexity index is 4900. The average Bonchev–Trinajstić information content (AvgIpc) is 1.51. The molecule has 0 nitrogen and oxygen atoms in total. The van der Waals surface area contributed by atoms with Gasteiger partial charge in [-0.3, -0.25) is 0 Å². The Morgan fingerprint density at radius 3 is 0.730 bits per heavy atom. The topological polar surface area (TPSA) is 0 Å². The number of halogens is 4. The van der Waals surface area contributed by atoms with Crippen molar-refractivity contribution in [2.24, 2.45) is 145 Å². The Morgan fingerprint density at radius 2 is 0.533 bits per heavy atom. The first kappa shape index (κ1) is 111. The van der Waals surface area contributed by atoms with Crippen LogP contribution < -0.4 is 0 Å². The second-order valence-electron chi connectivity index (χ2n) is 60.2. The van der Waals surface area contributed by atoms with Crippen molar-refractivity contribution in [1.29, 1.82) is 0 Å². The van der Waals surface area contributed by atoms with E-state index >= 15 is 0 Å². The monoisotopic (exact) mass is 1890 g/mol. The lowest BCUT2D eigenvalue weighted by molar-refractivity contribution is -0.0107. The van der Waals surface area contributed by atoms with Crippen molar-refractivity contribution in [2.75, 3.05) is 0 Å².